The zero-order valence-corrected chi connectivity index (χ0v) is 23.8. The molecule has 2 aromatic carbocycles. The van der Waals surface area contributed by atoms with Gasteiger partial charge in [0, 0.05) is 50.2 Å². The molecule has 3 aromatic rings. The van der Waals surface area contributed by atoms with Crippen molar-refractivity contribution in [3.8, 4) is 0 Å². The molecule has 1 aromatic heterocycles. The van der Waals surface area contributed by atoms with E-state index in [1.165, 1.54) is 17.7 Å². The van der Waals surface area contributed by atoms with E-state index in [2.05, 4.69) is 69.9 Å². The van der Waals surface area contributed by atoms with Gasteiger partial charge >= 0.3 is 0 Å². The first-order chi connectivity index (χ1) is 20.0. The molecule has 6 nitrogen and oxygen atoms in total. The summed E-state index contributed by atoms with van der Waals surface area (Å²) in [4.78, 5) is 13.8. The number of allylic oxidation sites excluding steroid dienone is 2. The lowest BCUT2D eigenvalue weighted by molar-refractivity contribution is 0.253. The molecule has 2 aliphatic heterocycles. The van der Waals surface area contributed by atoms with Gasteiger partial charge in [-0.05, 0) is 54.7 Å². The van der Waals surface area contributed by atoms with Crippen molar-refractivity contribution in [3.63, 3.8) is 0 Å². The van der Waals surface area contributed by atoms with Crippen LogP contribution >= 0.6 is 0 Å². The fourth-order valence-corrected chi connectivity index (χ4v) is 5.06. The number of nitrogens with one attached hydrogen (secondary N) is 2. The summed E-state index contributed by atoms with van der Waals surface area (Å²) < 4.78 is 13.6. The molecular formula is C34H39FN6. The first-order valence-electron chi connectivity index (χ1n) is 13.9. The van der Waals surface area contributed by atoms with Crippen LogP contribution in [0.5, 0.6) is 0 Å². The lowest BCUT2D eigenvalue weighted by Crippen LogP contribution is -2.44. The second-order valence-electron chi connectivity index (χ2n) is 9.99. The Morgan fingerprint density at radius 1 is 1.07 bits per heavy atom. The SMILES string of the molecule is C=C.C=C(NCc1ccccc1)N1CCCC(Nc2nccc(/C(=C(/C)c3ccc(F)cc3)N3C=CCC3=C)n2)C1. The molecule has 41 heavy (non-hydrogen) atoms. The molecule has 1 atom stereocenters. The summed E-state index contributed by atoms with van der Waals surface area (Å²) in [5.74, 6) is 1.26. The number of benzene rings is 2. The summed E-state index contributed by atoms with van der Waals surface area (Å²) in [6.45, 7) is 19.1. The average Bonchev–Trinajstić information content (AvgIpc) is 3.43. The van der Waals surface area contributed by atoms with E-state index in [1.54, 1.807) is 18.3 Å². The summed E-state index contributed by atoms with van der Waals surface area (Å²) in [7, 11) is 0. The van der Waals surface area contributed by atoms with E-state index in [0.29, 0.717) is 5.95 Å². The minimum Gasteiger partial charge on any atom is -0.368 e. The number of hydrogen-bond acceptors (Lipinski definition) is 6. The normalized spacial score (nSPS) is 16.9. The fourth-order valence-electron chi connectivity index (χ4n) is 5.06. The Bertz CT molecular complexity index is 1400. The standard InChI is InChI=1S/C32H35FN6.C2H4/c1-23-9-7-20-39(23)31(24(2)27-13-15-28(33)16-14-27)30-17-18-34-32(37-30)36-29-12-8-19-38(22-29)25(3)35-21-26-10-5-4-6-11-26;1-2/h4-7,10-11,13-18,20,29,35H,1,3,8-9,12,19,21-22H2,2H3,(H,34,36,37);1-2H2/b31-24+;. The van der Waals surface area contributed by atoms with Gasteiger partial charge in [-0.2, -0.15) is 0 Å². The Balaban J connectivity index is 0.00000189. The Morgan fingerprint density at radius 3 is 2.54 bits per heavy atom. The van der Waals surface area contributed by atoms with Gasteiger partial charge in [0.15, 0.2) is 0 Å². The summed E-state index contributed by atoms with van der Waals surface area (Å²) in [5, 5.41) is 7.03. The van der Waals surface area contributed by atoms with Gasteiger partial charge in [-0.25, -0.2) is 14.4 Å². The number of piperidine rings is 1. The maximum Gasteiger partial charge on any atom is 0.223 e. The predicted molar refractivity (Wildman–Crippen MR) is 168 cm³/mol. The van der Waals surface area contributed by atoms with Crippen LogP contribution in [-0.2, 0) is 6.54 Å². The van der Waals surface area contributed by atoms with Crippen LogP contribution in [0.15, 0.2) is 117 Å². The van der Waals surface area contributed by atoms with Crippen LogP contribution < -0.4 is 10.6 Å². The summed E-state index contributed by atoms with van der Waals surface area (Å²) in [6, 6.07) is 19.0. The summed E-state index contributed by atoms with van der Waals surface area (Å²) >= 11 is 0. The summed E-state index contributed by atoms with van der Waals surface area (Å²) in [5.41, 5.74) is 5.79. The lowest BCUT2D eigenvalue weighted by Gasteiger charge is -2.36. The third kappa shape index (κ3) is 7.51. The lowest BCUT2D eigenvalue weighted by atomic mass is 10.0. The van der Waals surface area contributed by atoms with Gasteiger partial charge < -0.3 is 20.4 Å². The second kappa shape index (κ2) is 14.1. The topological polar surface area (TPSA) is 56.3 Å². The van der Waals surface area contributed by atoms with Crippen LogP contribution in [0, 0.1) is 5.82 Å². The van der Waals surface area contributed by atoms with Crippen LogP contribution in [0.25, 0.3) is 11.3 Å². The van der Waals surface area contributed by atoms with E-state index in [0.717, 1.165) is 72.9 Å². The molecule has 0 aliphatic carbocycles. The van der Waals surface area contributed by atoms with E-state index in [-0.39, 0.29) is 11.9 Å². The van der Waals surface area contributed by atoms with Gasteiger partial charge in [-0.15, -0.1) is 13.2 Å². The molecular weight excluding hydrogens is 511 g/mol. The highest BCUT2D eigenvalue weighted by Crippen LogP contribution is 2.34. The number of nitrogens with zero attached hydrogens (tertiary/aromatic N) is 4. The van der Waals surface area contributed by atoms with Crippen molar-refractivity contribution in [3.05, 3.63) is 140 Å². The van der Waals surface area contributed by atoms with Crippen molar-refractivity contribution < 1.29 is 4.39 Å². The highest BCUT2D eigenvalue weighted by molar-refractivity contribution is 5.89. The molecule has 2 aliphatic rings. The third-order valence-electron chi connectivity index (χ3n) is 7.20. The highest BCUT2D eigenvalue weighted by Gasteiger charge is 2.24. The van der Waals surface area contributed by atoms with Crippen molar-refractivity contribution in [2.75, 3.05) is 18.4 Å². The number of anilines is 1. The first kappa shape index (κ1) is 29.3. The van der Waals surface area contributed by atoms with Gasteiger partial charge in [-0.1, -0.05) is 61.7 Å². The number of aromatic nitrogens is 2. The third-order valence-corrected chi connectivity index (χ3v) is 7.20. The molecule has 0 amide bonds. The molecule has 0 bridgehead atoms. The molecule has 3 heterocycles. The fraction of sp³-hybridized carbons (Fsp3) is 0.235. The molecule has 1 saturated heterocycles. The van der Waals surface area contributed by atoms with Crippen molar-refractivity contribution in [2.45, 2.75) is 38.8 Å². The quantitative estimate of drug-likeness (QED) is 0.275. The van der Waals surface area contributed by atoms with E-state index in [9.17, 15) is 4.39 Å². The van der Waals surface area contributed by atoms with Gasteiger partial charge in [0.1, 0.15) is 5.82 Å². The van der Waals surface area contributed by atoms with Crippen LogP contribution in [0.1, 0.15) is 43.0 Å². The Morgan fingerprint density at radius 2 is 1.83 bits per heavy atom. The van der Waals surface area contributed by atoms with Crippen molar-refractivity contribution in [2.24, 2.45) is 0 Å². The minimum absolute atomic E-state index is 0.191. The van der Waals surface area contributed by atoms with E-state index >= 15 is 0 Å². The summed E-state index contributed by atoms with van der Waals surface area (Å²) in [6.07, 6.45) is 8.74. The smallest absolute Gasteiger partial charge is 0.223 e. The zero-order valence-electron chi connectivity index (χ0n) is 23.8. The van der Waals surface area contributed by atoms with Crippen LogP contribution in [0.4, 0.5) is 10.3 Å². The van der Waals surface area contributed by atoms with Crippen LogP contribution in [0.3, 0.4) is 0 Å². The maximum absolute atomic E-state index is 13.6. The molecule has 212 valence electrons. The van der Waals surface area contributed by atoms with Gasteiger partial charge in [0.25, 0.3) is 0 Å². The molecule has 0 spiro atoms. The monoisotopic (exact) mass is 550 g/mol. The van der Waals surface area contributed by atoms with Gasteiger partial charge in [0.05, 0.1) is 17.2 Å². The molecule has 1 unspecified atom stereocenters. The Kier molecular flexibility index (Phi) is 10.1. The van der Waals surface area contributed by atoms with E-state index in [1.807, 2.05) is 37.4 Å². The van der Waals surface area contributed by atoms with Crippen LogP contribution in [0.2, 0.25) is 0 Å². The first-order valence-corrected chi connectivity index (χ1v) is 13.9. The average molecular weight is 551 g/mol. The molecule has 7 heteroatoms. The molecule has 5 rings (SSSR count). The Hall–Kier alpha value is -4.65. The molecule has 1 fully saturated rings. The second-order valence-corrected chi connectivity index (χ2v) is 9.99. The van der Waals surface area contributed by atoms with Gasteiger partial charge in [0.2, 0.25) is 5.95 Å². The van der Waals surface area contributed by atoms with Crippen molar-refractivity contribution in [1.82, 2.24) is 25.1 Å². The number of likely N-dealkylation sites (tertiary alicyclic amines) is 1. The zero-order chi connectivity index (χ0) is 29.2. The number of halogens is 1. The number of rotatable bonds is 9. The van der Waals surface area contributed by atoms with Crippen molar-refractivity contribution in [1.29, 1.82) is 0 Å². The van der Waals surface area contributed by atoms with Crippen molar-refractivity contribution >= 4 is 17.2 Å². The number of hydrogen-bond donors (Lipinski definition) is 2. The molecule has 0 radical (unpaired) electrons. The predicted octanol–water partition coefficient (Wildman–Crippen LogP) is 7.18. The molecule has 0 saturated carbocycles. The van der Waals surface area contributed by atoms with E-state index in [4.69, 9.17) is 4.98 Å². The Labute approximate surface area is 243 Å². The maximum atomic E-state index is 13.6. The highest BCUT2D eigenvalue weighted by atomic mass is 19.1. The van der Waals surface area contributed by atoms with Gasteiger partial charge in [-0.3, -0.25) is 0 Å². The largest absolute Gasteiger partial charge is 0.368 e. The minimum atomic E-state index is -0.258. The van der Waals surface area contributed by atoms with E-state index < -0.39 is 0 Å². The molecule has 2 N–H and O–H groups in total. The van der Waals surface area contributed by atoms with Crippen LogP contribution in [-0.4, -0.2) is 38.9 Å².